The molecule has 106 valence electrons. The first kappa shape index (κ1) is 14.3. The van der Waals surface area contributed by atoms with E-state index in [1.54, 1.807) is 30.3 Å². The third kappa shape index (κ3) is 4.84. The van der Waals surface area contributed by atoms with Crippen molar-refractivity contribution in [2.45, 2.75) is 37.5 Å². The maximum atomic E-state index is 12.7. The Bertz CT molecular complexity index is 374. The first-order valence-electron chi connectivity index (χ1n) is 6.50. The third-order valence-electron chi connectivity index (χ3n) is 3.23. The van der Waals surface area contributed by atoms with Gasteiger partial charge in [-0.3, -0.25) is 0 Å². The minimum absolute atomic E-state index is 0.00121. The highest BCUT2D eigenvalue weighted by Gasteiger charge is 2.33. The molecule has 19 heavy (non-hydrogen) atoms. The highest BCUT2D eigenvalue weighted by molar-refractivity contribution is 5.19. The maximum Gasteiger partial charge on any atom is 0.390 e. The fourth-order valence-electron chi connectivity index (χ4n) is 2.35. The van der Waals surface area contributed by atoms with Crippen LogP contribution in [0.5, 0.6) is 0 Å². The summed E-state index contributed by atoms with van der Waals surface area (Å²) in [6.07, 6.45) is -3.27. The molecule has 0 bridgehead atoms. The minimum Gasteiger partial charge on any atom is -0.380 e. The summed E-state index contributed by atoms with van der Waals surface area (Å²) in [5, 5.41) is 3.08. The molecule has 2 nitrogen and oxygen atoms in total. The molecule has 0 radical (unpaired) electrons. The standard InChI is InChI=1S/C14H18F3NO/c15-14(16,17)9-13(11-5-2-1-3-6-11)18-12-7-4-8-19-10-12/h1-3,5-6,12-13,18H,4,7-10H2. The molecule has 0 aliphatic carbocycles. The van der Waals surface area contributed by atoms with Crippen molar-refractivity contribution in [3.8, 4) is 0 Å². The average molecular weight is 273 g/mol. The molecule has 1 N–H and O–H groups in total. The monoisotopic (exact) mass is 273 g/mol. The van der Waals surface area contributed by atoms with Crippen molar-refractivity contribution in [2.24, 2.45) is 0 Å². The van der Waals surface area contributed by atoms with Crippen molar-refractivity contribution < 1.29 is 17.9 Å². The van der Waals surface area contributed by atoms with Gasteiger partial charge in [0.05, 0.1) is 13.0 Å². The molecule has 2 rings (SSSR count). The Labute approximate surface area is 111 Å². The molecule has 0 amide bonds. The lowest BCUT2D eigenvalue weighted by atomic mass is 10.0. The van der Waals surface area contributed by atoms with E-state index in [0.717, 1.165) is 12.8 Å². The van der Waals surface area contributed by atoms with Crippen LogP contribution in [0.3, 0.4) is 0 Å². The second-order valence-electron chi connectivity index (χ2n) is 4.86. The lowest BCUT2D eigenvalue weighted by Gasteiger charge is -2.29. The van der Waals surface area contributed by atoms with Crippen molar-refractivity contribution in [3.63, 3.8) is 0 Å². The van der Waals surface area contributed by atoms with Gasteiger partial charge in [0.25, 0.3) is 0 Å². The SMILES string of the molecule is FC(F)(F)CC(NC1CCCOC1)c1ccccc1. The summed E-state index contributed by atoms with van der Waals surface area (Å²) < 4.78 is 43.3. The van der Waals surface area contributed by atoms with Gasteiger partial charge < -0.3 is 10.1 Å². The van der Waals surface area contributed by atoms with E-state index in [9.17, 15) is 13.2 Å². The van der Waals surface area contributed by atoms with E-state index >= 15 is 0 Å². The van der Waals surface area contributed by atoms with Crippen molar-refractivity contribution in [1.82, 2.24) is 5.32 Å². The zero-order valence-corrected chi connectivity index (χ0v) is 10.6. The molecule has 1 aliphatic heterocycles. The predicted molar refractivity (Wildman–Crippen MR) is 66.8 cm³/mol. The van der Waals surface area contributed by atoms with Crippen LogP contribution in [-0.4, -0.2) is 25.4 Å². The predicted octanol–water partition coefficient (Wildman–Crippen LogP) is 3.45. The summed E-state index contributed by atoms with van der Waals surface area (Å²) in [6.45, 7) is 1.19. The summed E-state index contributed by atoms with van der Waals surface area (Å²) >= 11 is 0. The Kier molecular flexibility index (Phi) is 4.82. The van der Waals surface area contributed by atoms with Crippen molar-refractivity contribution in [2.75, 3.05) is 13.2 Å². The van der Waals surface area contributed by atoms with Crippen molar-refractivity contribution >= 4 is 0 Å². The molecule has 0 saturated carbocycles. The molecule has 0 spiro atoms. The van der Waals surface area contributed by atoms with Gasteiger partial charge in [-0.15, -0.1) is 0 Å². The molecular formula is C14H18F3NO. The highest BCUT2D eigenvalue weighted by atomic mass is 19.4. The topological polar surface area (TPSA) is 21.3 Å². The molecular weight excluding hydrogens is 255 g/mol. The first-order valence-corrected chi connectivity index (χ1v) is 6.50. The molecule has 1 aromatic carbocycles. The van der Waals surface area contributed by atoms with Crippen LogP contribution in [0, 0.1) is 0 Å². The van der Waals surface area contributed by atoms with Crippen LogP contribution in [0.25, 0.3) is 0 Å². The number of alkyl halides is 3. The number of ether oxygens (including phenoxy) is 1. The van der Waals surface area contributed by atoms with E-state index < -0.39 is 18.6 Å². The average Bonchev–Trinajstić information content (AvgIpc) is 2.39. The van der Waals surface area contributed by atoms with Crippen LogP contribution in [-0.2, 0) is 4.74 Å². The van der Waals surface area contributed by atoms with Crippen LogP contribution < -0.4 is 5.32 Å². The fourth-order valence-corrected chi connectivity index (χ4v) is 2.35. The van der Waals surface area contributed by atoms with E-state index in [4.69, 9.17) is 4.74 Å². The van der Waals surface area contributed by atoms with Crippen LogP contribution in [0.1, 0.15) is 30.9 Å². The second-order valence-corrected chi connectivity index (χ2v) is 4.86. The van der Waals surface area contributed by atoms with E-state index in [-0.39, 0.29) is 6.04 Å². The summed E-state index contributed by atoms with van der Waals surface area (Å²) in [6, 6.07) is 8.09. The minimum atomic E-state index is -4.18. The summed E-state index contributed by atoms with van der Waals surface area (Å²) in [4.78, 5) is 0. The van der Waals surface area contributed by atoms with Gasteiger partial charge in [-0.05, 0) is 18.4 Å². The Morgan fingerprint density at radius 2 is 2.00 bits per heavy atom. The highest BCUT2D eigenvalue weighted by Crippen LogP contribution is 2.30. The molecule has 0 aromatic heterocycles. The van der Waals surface area contributed by atoms with Crippen LogP contribution >= 0.6 is 0 Å². The van der Waals surface area contributed by atoms with E-state index in [1.807, 2.05) is 0 Å². The molecule has 1 saturated heterocycles. The molecule has 5 heteroatoms. The lowest BCUT2D eigenvalue weighted by Crippen LogP contribution is -2.40. The zero-order valence-electron chi connectivity index (χ0n) is 10.6. The van der Waals surface area contributed by atoms with Crippen molar-refractivity contribution in [3.05, 3.63) is 35.9 Å². The van der Waals surface area contributed by atoms with Gasteiger partial charge in [0.1, 0.15) is 0 Å². The molecule has 1 aliphatic rings. The Morgan fingerprint density at radius 3 is 2.58 bits per heavy atom. The number of benzene rings is 1. The summed E-state index contributed by atoms with van der Waals surface area (Å²) in [5.74, 6) is 0. The summed E-state index contributed by atoms with van der Waals surface area (Å²) in [7, 11) is 0. The molecule has 2 unspecified atom stereocenters. The molecule has 2 atom stereocenters. The number of hydrogen-bond donors (Lipinski definition) is 1. The van der Waals surface area contributed by atoms with Gasteiger partial charge in [-0.2, -0.15) is 13.2 Å². The van der Waals surface area contributed by atoms with Crippen LogP contribution in [0.15, 0.2) is 30.3 Å². The van der Waals surface area contributed by atoms with E-state index in [2.05, 4.69) is 5.32 Å². The zero-order chi connectivity index (χ0) is 13.7. The molecule has 1 fully saturated rings. The Hall–Kier alpha value is -1.07. The van der Waals surface area contributed by atoms with Crippen molar-refractivity contribution in [1.29, 1.82) is 0 Å². The van der Waals surface area contributed by atoms with Gasteiger partial charge in [0.2, 0.25) is 0 Å². The summed E-state index contributed by atoms with van der Waals surface area (Å²) in [5.41, 5.74) is 0.672. The normalized spacial score (nSPS) is 22.2. The van der Waals surface area contributed by atoms with Crippen LogP contribution in [0.2, 0.25) is 0 Å². The van der Waals surface area contributed by atoms with Gasteiger partial charge in [0, 0.05) is 18.7 Å². The number of nitrogens with one attached hydrogen (secondary N) is 1. The lowest BCUT2D eigenvalue weighted by molar-refractivity contribution is -0.141. The molecule has 1 aromatic rings. The number of hydrogen-bond acceptors (Lipinski definition) is 2. The molecule has 1 heterocycles. The van der Waals surface area contributed by atoms with Gasteiger partial charge >= 0.3 is 6.18 Å². The quantitative estimate of drug-likeness (QED) is 0.907. The fraction of sp³-hybridized carbons (Fsp3) is 0.571. The van der Waals surface area contributed by atoms with Gasteiger partial charge in [-0.25, -0.2) is 0 Å². The van der Waals surface area contributed by atoms with Crippen LogP contribution in [0.4, 0.5) is 13.2 Å². The largest absolute Gasteiger partial charge is 0.390 e. The van der Waals surface area contributed by atoms with E-state index in [0.29, 0.717) is 18.8 Å². The van der Waals surface area contributed by atoms with Gasteiger partial charge in [0.15, 0.2) is 0 Å². The number of halogens is 3. The Morgan fingerprint density at radius 1 is 1.26 bits per heavy atom. The van der Waals surface area contributed by atoms with E-state index in [1.165, 1.54) is 0 Å². The third-order valence-corrected chi connectivity index (χ3v) is 3.23. The first-order chi connectivity index (χ1) is 9.04. The smallest absolute Gasteiger partial charge is 0.380 e. The van der Waals surface area contributed by atoms with Gasteiger partial charge in [-0.1, -0.05) is 30.3 Å². The number of rotatable bonds is 4. The second kappa shape index (κ2) is 6.39. The maximum absolute atomic E-state index is 12.7. The Balaban J connectivity index is 2.05.